The summed E-state index contributed by atoms with van der Waals surface area (Å²) in [5.41, 5.74) is 2.08. The molecule has 1 fully saturated rings. The molecule has 0 aliphatic heterocycles. The molecule has 3 nitrogen and oxygen atoms in total. The molecule has 84 valence electrons. The third-order valence-electron chi connectivity index (χ3n) is 3.41. The predicted molar refractivity (Wildman–Crippen MR) is 59.5 cm³/mol. The van der Waals surface area contributed by atoms with Gasteiger partial charge >= 0.3 is 0 Å². The van der Waals surface area contributed by atoms with Crippen LogP contribution >= 0.6 is 0 Å². The highest BCUT2D eigenvalue weighted by Gasteiger charge is 2.23. The Labute approximate surface area is 91.1 Å². The van der Waals surface area contributed by atoms with Crippen molar-refractivity contribution in [2.24, 2.45) is 13.0 Å². The van der Waals surface area contributed by atoms with E-state index in [0.29, 0.717) is 0 Å². The molecule has 15 heavy (non-hydrogen) atoms. The maximum Gasteiger partial charge on any atom is 0.0826 e. The van der Waals surface area contributed by atoms with E-state index in [4.69, 9.17) is 0 Å². The van der Waals surface area contributed by atoms with Gasteiger partial charge in [-0.25, -0.2) is 0 Å². The van der Waals surface area contributed by atoms with Crippen LogP contribution < -0.4 is 0 Å². The fraction of sp³-hybridized carbons (Fsp3) is 0.750. The number of aliphatic hydroxyl groups excluding tert-OH is 1. The number of aliphatic hydroxyl groups is 1. The van der Waals surface area contributed by atoms with Crippen molar-refractivity contribution in [3.63, 3.8) is 0 Å². The number of nitrogens with zero attached hydrogens (tertiary/aromatic N) is 2. The highest BCUT2D eigenvalue weighted by molar-refractivity contribution is 5.20. The Morgan fingerprint density at radius 3 is 2.87 bits per heavy atom. The second-order valence-electron chi connectivity index (χ2n) is 4.61. The Hall–Kier alpha value is -0.830. The van der Waals surface area contributed by atoms with Crippen molar-refractivity contribution in [3.8, 4) is 0 Å². The van der Waals surface area contributed by atoms with Crippen LogP contribution in [-0.2, 0) is 13.5 Å². The molecule has 2 rings (SSSR count). The van der Waals surface area contributed by atoms with E-state index in [2.05, 4.69) is 12.0 Å². The van der Waals surface area contributed by atoms with Crippen molar-refractivity contribution in [1.29, 1.82) is 0 Å². The maximum absolute atomic E-state index is 10.1. The molecule has 1 N–H and O–H groups in total. The van der Waals surface area contributed by atoms with Gasteiger partial charge in [-0.05, 0) is 18.8 Å². The Kier molecular flexibility index (Phi) is 3.10. The lowest BCUT2D eigenvalue weighted by Gasteiger charge is -2.27. The summed E-state index contributed by atoms with van der Waals surface area (Å²) in [5.74, 6) is 0.741. The van der Waals surface area contributed by atoms with Crippen molar-refractivity contribution in [1.82, 2.24) is 9.78 Å². The van der Waals surface area contributed by atoms with Gasteiger partial charge in [0.1, 0.15) is 0 Å². The first-order valence-electron chi connectivity index (χ1n) is 5.91. The van der Waals surface area contributed by atoms with Crippen molar-refractivity contribution >= 4 is 0 Å². The van der Waals surface area contributed by atoms with Crippen molar-refractivity contribution in [3.05, 3.63) is 17.5 Å². The number of hydrogen-bond acceptors (Lipinski definition) is 2. The summed E-state index contributed by atoms with van der Waals surface area (Å²) < 4.78 is 1.80. The molecular formula is C12H20N2O. The monoisotopic (exact) mass is 208 g/mol. The van der Waals surface area contributed by atoms with Crippen LogP contribution in [0.3, 0.4) is 0 Å². The minimum atomic E-state index is -0.307. The zero-order chi connectivity index (χ0) is 10.8. The topological polar surface area (TPSA) is 38.0 Å². The lowest BCUT2D eigenvalue weighted by molar-refractivity contribution is 0.117. The van der Waals surface area contributed by atoms with Gasteiger partial charge in [-0.15, -0.1) is 0 Å². The largest absolute Gasteiger partial charge is 0.388 e. The second kappa shape index (κ2) is 4.35. The van der Waals surface area contributed by atoms with E-state index in [1.807, 2.05) is 13.2 Å². The zero-order valence-electron chi connectivity index (χ0n) is 9.61. The molecule has 0 bridgehead atoms. The first-order valence-corrected chi connectivity index (χ1v) is 5.91. The summed E-state index contributed by atoms with van der Waals surface area (Å²) in [5, 5.41) is 14.5. The van der Waals surface area contributed by atoms with Gasteiger partial charge in [-0.1, -0.05) is 26.2 Å². The fourth-order valence-corrected chi connectivity index (χ4v) is 2.28. The molecular weight excluding hydrogens is 188 g/mol. The molecule has 0 aromatic carbocycles. The maximum atomic E-state index is 10.1. The fourth-order valence-electron chi connectivity index (χ4n) is 2.28. The summed E-state index contributed by atoms with van der Waals surface area (Å²) in [7, 11) is 1.92. The van der Waals surface area contributed by atoms with Crippen LogP contribution in [0.2, 0.25) is 0 Å². The Morgan fingerprint density at radius 1 is 1.60 bits per heavy atom. The molecule has 1 unspecified atom stereocenters. The Balaban J connectivity index is 2.05. The first-order chi connectivity index (χ1) is 7.20. The van der Waals surface area contributed by atoms with Gasteiger partial charge < -0.3 is 5.11 Å². The summed E-state index contributed by atoms with van der Waals surface area (Å²) in [4.78, 5) is 0. The molecule has 1 aliphatic carbocycles. The van der Waals surface area contributed by atoms with Gasteiger partial charge in [0.2, 0.25) is 0 Å². The Bertz CT molecular complexity index is 328. The number of aryl methyl sites for hydroxylation is 2. The predicted octanol–water partition coefficient (Wildman–Crippen LogP) is 2.21. The second-order valence-corrected chi connectivity index (χ2v) is 4.61. The number of rotatable bonds is 4. The van der Waals surface area contributed by atoms with Crippen LogP contribution in [0.5, 0.6) is 0 Å². The van der Waals surface area contributed by atoms with E-state index >= 15 is 0 Å². The lowest BCUT2D eigenvalue weighted by atomic mass is 9.80. The molecule has 0 amide bonds. The summed E-state index contributed by atoms with van der Waals surface area (Å²) in [6.07, 6.45) is 7.39. The molecule has 1 saturated carbocycles. The molecule has 1 aromatic rings. The normalized spacial score (nSPS) is 18.9. The molecule has 1 aliphatic rings. The van der Waals surface area contributed by atoms with Crippen LogP contribution in [0.1, 0.15) is 50.0 Å². The van der Waals surface area contributed by atoms with Gasteiger partial charge in [0.15, 0.2) is 0 Å². The van der Waals surface area contributed by atoms with Crippen LogP contribution in [0.25, 0.3) is 0 Å². The van der Waals surface area contributed by atoms with Crippen molar-refractivity contribution < 1.29 is 5.11 Å². The SMILES string of the molecule is CCc1nn(C)cc1C(O)CC1CCC1. The van der Waals surface area contributed by atoms with Crippen LogP contribution in [0, 0.1) is 5.92 Å². The van der Waals surface area contributed by atoms with Gasteiger partial charge in [0, 0.05) is 18.8 Å². The summed E-state index contributed by atoms with van der Waals surface area (Å²) >= 11 is 0. The molecule has 1 atom stereocenters. The van der Waals surface area contributed by atoms with Crippen molar-refractivity contribution in [2.75, 3.05) is 0 Å². The van der Waals surface area contributed by atoms with E-state index in [9.17, 15) is 5.11 Å². The minimum absolute atomic E-state index is 0.307. The quantitative estimate of drug-likeness (QED) is 0.823. The molecule has 0 saturated heterocycles. The number of aromatic nitrogens is 2. The van der Waals surface area contributed by atoms with E-state index in [0.717, 1.165) is 30.0 Å². The smallest absolute Gasteiger partial charge is 0.0826 e. The first kappa shape index (κ1) is 10.7. The third-order valence-corrected chi connectivity index (χ3v) is 3.41. The third kappa shape index (κ3) is 2.23. The Morgan fingerprint density at radius 2 is 2.33 bits per heavy atom. The van der Waals surface area contributed by atoms with Gasteiger partial charge in [-0.2, -0.15) is 5.10 Å². The van der Waals surface area contributed by atoms with E-state index in [1.165, 1.54) is 19.3 Å². The average molecular weight is 208 g/mol. The van der Waals surface area contributed by atoms with Crippen molar-refractivity contribution in [2.45, 2.75) is 45.1 Å². The van der Waals surface area contributed by atoms with Gasteiger partial charge in [0.25, 0.3) is 0 Å². The molecule has 1 aromatic heterocycles. The average Bonchev–Trinajstić information content (AvgIpc) is 2.53. The number of hydrogen-bond donors (Lipinski definition) is 1. The molecule has 3 heteroatoms. The minimum Gasteiger partial charge on any atom is -0.388 e. The van der Waals surface area contributed by atoms with Gasteiger partial charge in [0.05, 0.1) is 11.8 Å². The molecule has 0 spiro atoms. The van der Waals surface area contributed by atoms with Crippen LogP contribution in [0.4, 0.5) is 0 Å². The highest BCUT2D eigenvalue weighted by Crippen LogP contribution is 2.35. The van der Waals surface area contributed by atoms with Crippen LogP contribution in [-0.4, -0.2) is 14.9 Å². The van der Waals surface area contributed by atoms with E-state index in [1.54, 1.807) is 4.68 Å². The standard InChI is InChI=1S/C12H20N2O/c1-3-11-10(8-14(2)13-11)12(15)7-9-5-4-6-9/h8-9,12,15H,3-7H2,1-2H3. The van der Waals surface area contributed by atoms with Gasteiger partial charge in [-0.3, -0.25) is 4.68 Å². The zero-order valence-corrected chi connectivity index (χ0v) is 9.61. The van der Waals surface area contributed by atoms with E-state index < -0.39 is 0 Å². The van der Waals surface area contributed by atoms with E-state index in [-0.39, 0.29) is 6.10 Å². The molecule has 0 radical (unpaired) electrons. The summed E-state index contributed by atoms with van der Waals surface area (Å²) in [6.45, 7) is 2.09. The molecule has 1 heterocycles. The summed E-state index contributed by atoms with van der Waals surface area (Å²) in [6, 6.07) is 0. The highest BCUT2D eigenvalue weighted by atomic mass is 16.3. The lowest BCUT2D eigenvalue weighted by Crippen LogP contribution is -2.15. The van der Waals surface area contributed by atoms with Crippen LogP contribution in [0.15, 0.2) is 6.20 Å².